The molecule has 1 unspecified atom stereocenters. The molecule has 5 nitrogen and oxygen atoms in total. The van der Waals surface area contributed by atoms with E-state index in [0.717, 1.165) is 25.1 Å². The molecular weight excluding hydrogens is 278 g/mol. The summed E-state index contributed by atoms with van der Waals surface area (Å²) >= 11 is 0. The van der Waals surface area contributed by atoms with Gasteiger partial charge in [0.05, 0.1) is 6.54 Å². The topological polar surface area (TPSA) is 61.4 Å². The summed E-state index contributed by atoms with van der Waals surface area (Å²) in [7, 11) is 0. The van der Waals surface area contributed by atoms with Gasteiger partial charge in [-0.2, -0.15) is 0 Å². The van der Waals surface area contributed by atoms with Gasteiger partial charge in [0.15, 0.2) is 0 Å². The van der Waals surface area contributed by atoms with Crippen LogP contribution in [0.15, 0.2) is 24.3 Å². The fourth-order valence-corrected chi connectivity index (χ4v) is 2.79. The molecule has 0 aromatic heterocycles. The van der Waals surface area contributed by atoms with Crippen LogP contribution in [0.2, 0.25) is 0 Å². The van der Waals surface area contributed by atoms with Crippen LogP contribution in [-0.2, 0) is 16.1 Å². The molecule has 1 saturated heterocycles. The molecule has 0 saturated carbocycles. The molecule has 22 heavy (non-hydrogen) atoms. The summed E-state index contributed by atoms with van der Waals surface area (Å²) < 4.78 is 0. The molecule has 1 aromatic rings. The highest BCUT2D eigenvalue weighted by Gasteiger charge is 2.23. The first-order valence-electron chi connectivity index (χ1n) is 7.82. The van der Waals surface area contributed by atoms with E-state index in [-0.39, 0.29) is 11.8 Å². The van der Waals surface area contributed by atoms with Crippen molar-refractivity contribution in [1.82, 2.24) is 15.5 Å². The Morgan fingerprint density at radius 1 is 1.32 bits per heavy atom. The van der Waals surface area contributed by atoms with Crippen LogP contribution in [0.3, 0.4) is 0 Å². The molecule has 1 aliphatic heterocycles. The number of carbonyl (C=O) groups is 2. The molecule has 1 aliphatic rings. The van der Waals surface area contributed by atoms with Crippen LogP contribution in [0, 0.1) is 12.8 Å². The van der Waals surface area contributed by atoms with Gasteiger partial charge in [-0.05, 0) is 31.4 Å². The maximum absolute atomic E-state index is 12.0. The molecule has 1 heterocycles. The summed E-state index contributed by atoms with van der Waals surface area (Å²) in [4.78, 5) is 25.1. The van der Waals surface area contributed by atoms with Gasteiger partial charge in [0.25, 0.3) is 0 Å². The largest absolute Gasteiger partial charge is 0.356 e. The van der Waals surface area contributed by atoms with E-state index < -0.39 is 0 Å². The van der Waals surface area contributed by atoms with Crippen molar-refractivity contribution in [1.29, 1.82) is 0 Å². The van der Waals surface area contributed by atoms with E-state index in [1.807, 2.05) is 25.1 Å². The third-order valence-electron chi connectivity index (χ3n) is 3.95. The lowest BCUT2D eigenvalue weighted by Gasteiger charge is -2.16. The third kappa shape index (κ3) is 5.48. The van der Waals surface area contributed by atoms with E-state index >= 15 is 0 Å². The quantitative estimate of drug-likeness (QED) is 0.826. The number of aryl methyl sites for hydroxylation is 1. The van der Waals surface area contributed by atoms with E-state index in [0.29, 0.717) is 25.6 Å². The minimum Gasteiger partial charge on any atom is -0.356 e. The van der Waals surface area contributed by atoms with Gasteiger partial charge < -0.3 is 10.6 Å². The number of carbonyl (C=O) groups excluding carboxylic acids is 2. The summed E-state index contributed by atoms with van der Waals surface area (Å²) in [5.74, 6) is 0.518. The monoisotopic (exact) mass is 303 g/mol. The molecule has 1 fully saturated rings. The van der Waals surface area contributed by atoms with Gasteiger partial charge in [0.2, 0.25) is 11.8 Å². The molecule has 2 rings (SSSR count). The second kappa shape index (κ2) is 7.94. The first-order valence-corrected chi connectivity index (χ1v) is 7.82. The fourth-order valence-electron chi connectivity index (χ4n) is 2.79. The Bertz CT molecular complexity index is 530. The van der Waals surface area contributed by atoms with Crippen LogP contribution >= 0.6 is 0 Å². The number of likely N-dealkylation sites (tertiary alicyclic amines) is 1. The molecule has 120 valence electrons. The van der Waals surface area contributed by atoms with Crippen molar-refractivity contribution >= 4 is 11.8 Å². The molecule has 5 heteroatoms. The predicted molar refractivity (Wildman–Crippen MR) is 86.3 cm³/mol. The number of hydrogen-bond acceptors (Lipinski definition) is 3. The average molecular weight is 303 g/mol. The summed E-state index contributed by atoms with van der Waals surface area (Å²) in [6.45, 7) is 7.08. The highest BCUT2D eigenvalue weighted by Crippen LogP contribution is 2.14. The van der Waals surface area contributed by atoms with Crippen molar-refractivity contribution in [2.24, 2.45) is 5.92 Å². The Balaban J connectivity index is 1.68. The number of hydrogen-bond donors (Lipinski definition) is 2. The summed E-state index contributed by atoms with van der Waals surface area (Å²) in [6, 6.07) is 8.15. The minimum absolute atomic E-state index is 0.00866. The second-order valence-corrected chi connectivity index (χ2v) is 6.09. The Labute approximate surface area is 132 Å². The zero-order valence-corrected chi connectivity index (χ0v) is 13.4. The Morgan fingerprint density at radius 3 is 2.86 bits per heavy atom. The lowest BCUT2D eigenvalue weighted by atomic mass is 10.1. The second-order valence-electron chi connectivity index (χ2n) is 6.09. The first kappa shape index (κ1) is 16.5. The molecule has 0 bridgehead atoms. The Kier molecular flexibility index (Phi) is 5.95. The Morgan fingerprint density at radius 2 is 2.14 bits per heavy atom. The number of amides is 2. The van der Waals surface area contributed by atoms with Crippen molar-refractivity contribution < 1.29 is 9.59 Å². The van der Waals surface area contributed by atoms with Gasteiger partial charge in [-0.25, -0.2) is 0 Å². The smallest absolute Gasteiger partial charge is 0.234 e. The molecule has 0 spiro atoms. The van der Waals surface area contributed by atoms with E-state index in [2.05, 4.69) is 21.6 Å². The number of nitrogens with zero attached hydrogens (tertiary/aromatic N) is 1. The van der Waals surface area contributed by atoms with Gasteiger partial charge in [0.1, 0.15) is 0 Å². The van der Waals surface area contributed by atoms with Crippen LogP contribution in [0.25, 0.3) is 0 Å². The van der Waals surface area contributed by atoms with E-state index in [1.54, 1.807) is 0 Å². The Hall–Kier alpha value is -1.88. The third-order valence-corrected chi connectivity index (χ3v) is 3.95. The van der Waals surface area contributed by atoms with Gasteiger partial charge >= 0.3 is 0 Å². The van der Waals surface area contributed by atoms with Crippen LogP contribution < -0.4 is 10.6 Å². The average Bonchev–Trinajstić information content (AvgIpc) is 2.90. The zero-order valence-electron chi connectivity index (χ0n) is 13.4. The fraction of sp³-hybridized carbons (Fsp3) is 0.529. The molecule has 0 aliphatic carbocycles. The van der Waals surface area contributed by atoms with Crippen LogP contribution in [0.5, 0.6) is 0 Å². The zero-order chi connectivity index (χ0) is 15.9. The van der Waals surface area contributed by atoms with Gasteiger partial charge in [-0.15, -0.1) is 0 Å². The van der Waals surface area contributed by atoms with Crippen molar-refractivity contribution in [3.05, 3.63) is 35.4 Å². The minimum atomic E-state index is 0.00866. The number of nitrogens with one attached hydrogen (secondary N) is 2. The normalized spacial score (nSPS) is 18.2. The predicted octanol–water partition coefficient (Wildman–Crippen LogP) is 1.07. The molecule has 2 N–H and O–H groups in total. The standard InChI is InChI=1S/C17H25N3O2/c1-13-4-3-5-15(8-13)9-19-17(22)12-20-7-6-16(11-20)10-18-14(2)21/h3-5,8,16H,6-7,9-12H2,1-2H3,(H,18,21)(H,19,22). The van der Waals surface area contributed by atoms with Crippen molar-refractivity contribution in [2.45, 2.75) is 26.8 Å². The van der Waals surface area contributed by atoms with Gasteiger partial charge in [0, 0.05) is 26.6 Å². The number of benzene rings is 1. The van der Waals surface area contributed by atoms with E-state index in [4.69, 9.17) is 0 Å². The van der Waals surface area contributed by atoms with Crippen LogP contribution in [-0.4, -0.2) is 42.9 Å². The van der Waals surface area contributed by atoms with Gasteiger partial charge in [-0.1, -0.05) is 29.8 Å². The maximum Gasteiger partial charge on any atom is 0.234 e. The first-order chi connectivity index (χ1) is 10.5. The number of rotatable bonds is 6. The molecule has 2 amide bonds. The highest BCUT2D eigenvalue weighted by atomic mass is 16.2. The van der Waals surface area contributed by atoms with Gasteiger partial charge in [-0.3, -0.25) is 14.5 Å². The van der Waals surface area contributed by atoms with Crippen molar-refractivity contribution in [2.75, 3.05) is 26.2 Å². The van der Waals surface area contributed by atoms with Crippen molar-refractivity contribution in [3.8, 4) is 0 Å². The highest BCUT2D eigenvalue weighted by molar-refractivity contribution is 5.78. The van der Waals surface area contributed by atoms with E-state index in [9.17, 15) is 9.59 Å². The molecule has 1 atom stereocenters. The lowest BCUT2D eigenvalue weighted by molar-refractivity contribution is -0.122. The molecular formula is C17H25N3O2. The summed E-state index contributed by atoms with van der Waals surface area (Å²) in [6.07, 6.45) is 1.03. The SMILES string of the molecule is CC(=O)NCC1CCN(CC(=O)NCc2cccc(C)c2)C1. The lowest BCUT2D eigenvalue weighted by Crippen LogP contribution is -2.36. The molecule has 1 aromatic carbocycles. The molecule has 0 radical (unpaired) electrons. The van der Waals surface area contributed by atoms with Crippen LogP contribution in [0.4, 0.5) is 0 Å². The summed E-state index contributed by atoms with van der Waals surface area (Å²) in [5.41, 5.74) is 2.32. The summed E-state index contributed by atoms with van der Waals surface area (Å²) in [5, 5.41) is 5.81. The maximum atomic E-state index is 12.0. The van der Waals surface area contributed by atoms with Crippen molar-refractivity contribution in [3.63, 3.8) is 0 Å². The van der Waals surface area contributed by atoms with Crippen LogP contribution in [0.1, 0.15) is 24.5 Å². The van der Waals surface area contributed by atoms with E-state index in [1.165, 1.54) is 12.5 Å².